The minimum Gasteiger partial charge on any atom is -0.481 e. The van der Waals surface area contributed by atoms with Gasteiger partial charge in [0.1, 0.15) is 0 Å². The second-order valence-electron chi connectivity index (χ2n) is 7.68. The van der Waals surface area contributed by atoms with Gasteiger partial charge >= 0.3 is 5.97 Å². The molecule has 6 nitrogen and oxygen atoms in total. The van der Waals surface area contributed by atoms with E-state index in [9.17, 15) is 19.5 Å². The van der Waals surface area contributed by atoms with Gasteiger partial charge in [0.05, 0.1) is 11.8 Å². The molecule has 2 amide bonds. The van der Waals surface area contributed by atoms with Gasteiger partial charge in [0, 0.05) is 16.9 Å². The van der Waals surface area contributed by atoms with E-state index in [0.717, 1.165) is 12.0 Å². The molecule has 0 radical (unpaired) electrons. The van der Waals surface area contributed by atoms with E-state index >= 15 is 0 Å². The number of allylic oxidation sites excluding steroid dienone is 2. The lowest BCUT2D eigenvalue weighted by atomic mass is 9.82. The molecule has 0 aliphatic heterocycles. The summed E-state index contributed by atoms with van der Waals surface area (Å²) in [7, 11) is 0. The summed E-state index contributed by atoms with van der Waals surface area (Å²) in [5.74, 6) is -2.71. The van der Waals surface area contributed by atoms with Gasteiger partial charge in [0.2, 0.25) is 5.91 Å². The van der Waals surface area contributed by atoms with Gasteiger partial charge in [-0.1, -0.05) is 30.4 Å². The molecular weight excluding hydrogens is 368 g/mol. The van der Waals surface area contributed by atoms with Gasteiger partial charge in [0.25, 0.3) is 5.91 Å². The number of rotatable bonds is 5. The molecule has 148 valence electrons. The zero-order valence-electron chi connectivity index (χ0n) is 16.0. The van der Waals surface area contributed by atoms with Crippen LogP contribution in [0.15, 0.2) is 60.7 Å². The summed E-state index contributed by atoms with van der Waals surface area (Å²) < 4.78 is 0. The van der Waals surface area contributed by atoms with Gasteiger partial charge in [-0.3, -0.25) is 14.4 Å². The standard InChI is InChI=1S/C23H22N2O4/c1-13-11-17(9-10-18(13)25-21(26)14-5-3-2-4-6-14)24-22(27)19-15-7-8-16(12-15)20(19)23(28)29/h2-11,15-16,19-20H,12H2,1H3,(H,24,27)(H,25,26)(H,28,29)/t15-,16+,19-,20+/m1/s1. The van der Waals surface area contributed by atoms with Gasteiger partial charge < -0.3 is 15.7 Å². The molecule has 2 aromatic carbocycles. The molecule has 2 aromatic rings. The van der Waals surface area contributed by atoms with Crippen LogP contribution in [0.2, 0.25) is 0 Å². The predicted octanol–water partition coefficient (Wildman–Crippen LogP) is 3.71. The van der Waals surface area contributed by atoms with Crippen molar-refractivity contribution in [2.24, 2.45) is 23.7 Å². The summed E-state index contributed by atoms with van der Waals surface area (Å²) in [6, 6.07) is 14.2. The second-order valence-corrected chi connectivity index (χ2v) is 7.68. The largest absolute Gasteiger partial charge is 0.481 e. The lowest BCUT2D eigenvalue weighted by Gasteiger charge is -2.24. The monoisotopic (exact) mass is 390 g/mol. The fourth-order valence-electron chi connectivity index (χ4n) is 4.41. The number of fused-ring (bicyclic) bond motifs is 2. The number of carboxylic acid groups (broad SMARTS) is 1. The highest BCUT2D eigenvalue weighted by atomic mass is 16.4. The van der Waals surface area contributed by atoms with Crippen molar-refractivity contribution < 1.29 is 19.5 Å². The van der Waals surface area contributed by atoms with E-state index in [-0.39, 0.29) is 23.7 Å². The molecule has 2 aliphatic rings. The Morgan fingerprint density at radius 3 is 2.28 bits per heavy atom. The minimum absolute atomic E-state index is 0.0216. The summed E-state index contributed by atoms with van der Waals surface area (Å²) in [5.41, 5.74) is 2.60. The molecule has 1 fully saturated rings. The van der Waals surface area contributed by atoms with Crippen LogP contribution >= 0.6 is 0 Å². The number of nitrogens with one attached hydrogen (secondary N) is 2. The number of anilines is 2. The Kier molecular flexibility index (Phi) is 4.92. The SMILES string of the molecule is Cc1cc(NC(=O)[C@H]2[C@@H](C(=O)O)[C@H]3C=C[C@@H]2C3)ccc1NC(=O)c1ccccc1. The van der Waals surface area contributed by atoms with Gasteiger partial charge in [-0.25, -0.2) is 0 Å². The van der Waals surface area contributed by atoms with Crippen LogP contribution in [0.4, 0.5) is 11.4 Å². The first kappa shape index (κ1) is 18.9. The maximum atomic E-state index is 12.8. The smallest absolute Gasteiger partial charge is 0.307 e. The van der Waals surface area contributed by atoms with Crippen LogP contribution < -0.4 is 10.6 Å². The number of benzene rings is 2. The number of amides is 2. The average molecular weight is 390 g/mol. The van der Waals surface area contributed by atoms with Gasteiger partial charge in [-0.05, 0) is 61.1 Å². The number of hydrogen-bond donors (Lipinski definition) is 3. The minimum atomic E-state index is -0.919. The molecule has 4 rings (SSSR count). The van der Waals surface area contributed by atoms with Crippen molar-refractivity contribution in [3.8, 4) is 0 Å². The molecule has 3 N–H and O–H groups in total. The van der Waals surface area contributed by atoms with Crippen LogP contribution in [-0.4, -0.2) is 22.9 Å². The molecule has 2 bridgehead atoms. The van der Waals surface area contributed by atoms with E-state index in [4.69, 9.17) is 0 Å². The van der Waals surface area contributed by atoms with Crippen molar-refractivity contribution in [1.82, 2.24) is 0 Å². The molecule has 0 aromatic heterocycles. The summed E-state index contributed by atoms with van der Waals surface area (Å²) in [6.07, 6.45) is 4.60. The first-order chi connectivity index (χ1) is 13.9. The van der Waals surface area contributed by atoms with Crippen LogP contribution in [0.25, 0.3) is 0 Å². The Hall–Kier alpha value is -3.41. The lowest BCUT2D eigenvalue weighted by Crippen LogP contribution is -2.36. The topological polar surface area (TPSA) is 95.5 Å². The summed E-state index contributed by atoms with van der Waals surface area (Å²) >= 11 is 0. The molecule has 0 unspecified atom stereocenters. The molecular formula is C23H22N2O4. The van der Waals surface area contributed by atoms with Crippen LogP contribution in [-0.2, 0) is 9.59 Å². The zero-order chi connectivity index (χ0) is 20.5. The van der Waals surface area contributed by atoms with Crippen molar-refractivity contribution >= 4 is 29.2 Å². The van der Waals surface area contributed by atoms with E-state index in [1.807, 2.05) is 25.1 Å². The number of aryl methyl sites for hydroxylation is 1. The van der Waals surface area contributed by atoms with Gasteiger partial charge in [-0.15, -0.1) is 0 Å². The highest BCUT2D eigenvalue weighted by Gasteiger charge is 2.51. The fraction of sp³-hybridized carbons (Fsp3) is 0.261. The number of carbonyl (C=O) groups excluding carboxylic acids is 2. The summed E-state index contributed by atoms with van der Waals surface area (Å²) in [6.45, 7) is 1.84. The maximum Gasteiger partial charge on any atom is 0.307 e. The molecule has 1 saturated carbocycles. The van der Waals surface area contributed by atoms with Crippen LogP contribution in [0.3, 0.4) is 0 Å². The average Bonchev–Trinajstić information content (AvgIpc) is 3.32. The number of hydrogen-bond acceptors (Lipinski definition) is 3. The molecule has 4 atom stereocenters. The van der Waals surface area contributed by atoms with Crippen LogP contribution in [0.1, 0.15) is 22.3 Å². The van der Waals surface area contributed by atoms with Crippen molar-refractivity contribution in [3.05, 3.63) is 71.8 Å². The molecule has 2 aliphatic carbocycles. The molecule has 0 heterocycles. The Labute approximate surface area is 168 Å². The van der Waals surface area contributed by atoms with Crippen LogP contribution in [0, 0.1) is 30.6 Å². The van der Waals surface area contributed by atoms with Crippen molar-refractivity contribution in [1.29, 1.82) is 0 Å². The molecule has 29 heavy (non-hydrogen) atoms. The first-order valence-corrected chi connectivity index (χ1v) is 9.63. The van der Waals surface area contributed by atoms with E-state index in [2.05, 4.69) is 10.6 Å². The van der Waals surface area contributed by atoms with Gasteiger partial charge in [-0.2, -0.15) is 0 Å². The fourth-order valence-corrected chi connectivity index (χ4v) is 4.41. The summed E-state index contributed by atoms with van der Waals surface area (Å²) in [4.78, 5) is 36.8. The first-order valence-electron chi connectivity index (χ1n) is 9.63. The molecule has 0 saturated heterocycles. The predicted molar refractivity (Wildman–Crippen MR) is 110 cm³/mol. The van der Waals surface area contributed by atoms with Crippen molar-refractivity contribution in [2.45, 2.75) is 13.3 Å². The van der Waals surface area contributed by atoms with Crippen molar-refractivity contribution in [2.75, 3.05) is 10.6 Å². The normalized spacial score (nSPS) is 24.3. The Morgan fingerprint density at radius 2 is 1.62 bits per heavy atom. The number of carboxylic acids is 1. The third kappa shape index (κ3) is 3.66. The highest BCUT2D eigenvalue weighted by Crippen LogP contribution is 2.48. The second kappa shape index (κ2) is 7.54. The van der Waals surface area contributed by atoms with Gasteiger partial charge in [0.15, 0.2) is 0 Å². The van der Waals surface area contributed by atoms with E-state index in [1.165, 1.54) is 0 Å². The van der Waals surface area contributed by atoms with Crippen LogP contribution in [0.5, 0.6) is 0 Å². The maximum absolute atomic E-state index is 12.8. The Bertz CT molecular complexity index is 999. The van der Waals surface area contributed by atoms with E-state index in [1.54, 1.807) is 42.5 Å². The third-order valence-corrected chi connectivity index (χ3v) is 5.83. The van der Waals surface area contributed by atoms with E-state index < -0.39 is 17.8 Å². The Balaban J connectivity index is 1.46. The summed E-state index contributed by atoms with van der Waals surface area (Å²) in [5, 5.41) is 15.3. The number of aliphatic carboxylic acids is 1. The molecule has 0 spiro atoms. The quantitative estimate of drug-likeness (QED) is 0.678. The number of carbonyl (C=O) groups is 3. The van der Waals surface area contributed by atoms with Crippen molar-refractivity contribution in [3.63, 3.8) is 0 Å². The Morgan fingerprint density at radius 1 is 0.931 bits per heavy atom. The zero-order valence-corrected chi connectivity index (χ0v) is 16.0. The highest BCUT2D eigenvalue weighted by molar-refractivity contribution is 6.05. The lowest BCUT2D eigenvalue weighted by molar-refractivity contribution is -0.146. The molecule has 6 heteroatoms. The van der Waals surface area contributed by atoms with E-state index in [0.29, 0.717) is 16.9 Å². The third-order valence-electron chi connectivity index (χ3n) is 5.83.